The van der Waals surface area contributed by atoms with Gasteiger partial charge in [-0.3, -0.25) is 0 Å². The van der Waals surface area contributed by atoms with Crippen molar-refractivity contribution in [2.75, 3.05) is 45.9 Å². The van der Waals surface area contributed by atoms with Crippen molar-refractivity contribution in [3.05, 3.63) is 23.5 Å². The number of rotatable bonds is 9. The molecule has 0 aromatic heterocycles. The van der Waals surface area contributed by atoms with Crippen molar-refractivity contribution in [2.45, 2.75) is 33.1 Å². The Labute approximate surface area is 139 Å². The van der Waals surface area contributed by atoms with Gasteiger partial charge in [0, 0.05) is 32.2 Å². The summed E-state index contributed by atoms with van der Waals surface area (Å²) in [5, 5.41) is 3.36. The van der Waals surface area contributed by atoms with E-state index in [-0.39, 0.29) is 5.82 Å². The lowest BCUT2D eigenvalue weighted by Crippen LogP contribution is -2.43. The Kier molecular flexibility index (Phi) is 7.62. The van der Waals surface area contributed by atoms with Crippen LogP contribution in [-0.2, 0) is 6.42 Å². The normalized spacial score (nSPS) is 15.6. The lowest BCUT2D eigenvalue weighted by molar-refractivity contribution is 0.236. The second-order valence-electron chi connectivity index (χ2n) is 5.81. The van der Waals surface area contributed by atoms with Crippen LogP contribution in [0.2, 0.25) is 0 Å². The number of ether oxygens (including phenoxy) is 2. The lowest BCUT2D eigenvalue weighted by atomic mass is 10.1. The van der Waals surface area contributed by atoms with Gasteiger partial charge in [0.15, 0.2) is 11.5 Å². The van der Waals surface area contributed by atoms with Crippen molar-refractivity contribution < 1.29 is 13.9 Å². The van der Waals surface area contributed by atoms with Crippen LogP contribution in [0, 0.1) is 5.82 Å². The first-order valence-electron chi connectivity index (χ1n) is 8.75. The van der Waals surface area contributed by atoms with Gasteiger partial charge < -0.3 is 19.7 Å². The minimum Gasteiger partial charge on any atom is -0.490 e. The molecular weight excluding hydrogens is 295 g/mol. The molecule has 0 spiro atoms. The zero-order valence-electron chi connectivity index (χ0n) is 14.4. The van der Waals surface area contributed by atoms with Crippen molar-refractivity contribution in [2.24, 2.45) is 0 Å². The summed E-state index contributed by atoms with van der Waals surface area (Å²) in [6.45, 7) is 10.3. The maximum atomic E-state index is 14.2. The van der Waals surface area contributed by atoms with Crippen LogP contribution in [0.3, 0.4) is 0 Å². The van der Waals surface area contributed by atoms with E-state index in [4.69, 9.17) is 9.47 Å². The molecule has 4 nitrogen and oxygen atoms in total. The lowest BCUT2D eigenvalue weighted by Gasteiger charge is -2.27. The van der Waals surface area contributed by atoms with E-state index in [1.54, 1.807) is 6.07 Å². The van der Waals surface area contributed by atoms with E-state index >= 15 is 0 Å². The molecule has 1 aliphatic heterocycles. The van der Waals surface area contributed by atoms with E-state index in [1.165, 1.54) is 6.07 Å². The van der Waals surface area contributed by atoms with Gasteiger partial charge in [0.05, 0.1) is 13.2 Å². The van der Waals surface area contributed by atoms with E-state index in [2.05, 4.69) is 10.2 Å². The molecule has 1 heterocycles. The number of aryl methyl sites for hydroxylation is 1. The predicted molar refractivity (Wildman–Crippen MR) is 91.0 cm³/mol. The van der Waals surface area contributed by atoms with Crippen LogP contribution in [0.1, 0.15) is 32.3 Å². The van der Waals surface area contributed by atoms with Crippen molar-refractivity contribution >= 4 is 0 Å². The van der Waals surface area contributed by atoms with Gasteiger partial charge in [0.1, 0.15) is 5.82 Å². The van der Waals surface area contributed by atoms with E-state index in [0.717, 1.165) is 57.5 Å². The maximum absolute atomic E-state index is 14.2. The van der Waals surface area contributed by atoms with Crippen LogP contribution >= 0.6 is 0 Å². The molecule has 1 fully saturated rings. The van der Waals surface area contributed by atoms with Gasteiger partial charge in [0.25, 0.3) is 0 Å². The molecule has 1 aliphatic rings. The average molecular weight is 324 g/mol. The van der Waals surface area contributed by atoms with Crippen LogP contribution < -0.4 is 14.8 Å². The number of unbranched alkanes of at least 4 members (excludes halogenated alkanes) is 1. The number of piperazine rings is 1. The average Bonchev–Trinajstić information content (AvgIpc) is 2.56. The monoisotopic (exact) mass is 324 g/mol. The fourth-order valence-corrected chi connectivity index (χ4v) is 2.89. The first-order chi connectivity index (χ1) is 11.2. The zero-order chi connectivity index (χ0) is 16.5. The highest BCUT2D eigenvalue weighted by Crippen LogP contribution is 2.31. The molecule has 0 radical (unpaired) electrons. The standard InChI is InChI=1S/C18H29FN2O2/c1-3-22-17-13-15(16(19)14-18(17)23-4-2)7-5-6-10-21-11-8-20-9-12-21/h13-14,20H,3-12H2,1-2H3. The van der Waals surface area contributed by atoms with Crippen molar-refractivity contribution in [3.63, 3.8) is 0 Å². The topological polar surface area (TPSA) is 33.7 Å². The van der Waals surface area contributed by atoms with Crippen molar-refractivity contribution in [1.29, 1.82) is 0 Å². The number of hydrogen-bond donors (Lipinski definition) is 1. The number of hydrogen-bond acceptors (Lipinski definition) is 4. The quantitative estimate of drug-likeness (QED) is 0.708. The minimum atomic E-state index is -0.195. The van der Waals surface area contributed by atoms with Crippen LogP contribution in [0.5, 0.6) is 11.5 Å². The molecule has 1 N–H and O–H groups in total. The highest BCUT2D eigenvalue weighted by molar-refractivity contribution is 5.44. The molecule has 0 amide bonds. The molecule has 1 aromatic rings. The second kappa shape index (κ2) is 9.73. The molecule has 2 rings (SSSR count). The molecule has 0 aliphatic carbocycles. The molecule has 23 heavy (non-hydrogen) atoms. The summed E-state index contributed by atoms with van der Waals surface area (Å²) in [7, 11) is 0. The van der Waals surface area contributed by atoms with Gasteiger partial charge in [-0.15, -0.1) is 0 Å². The third-order valence-corrected chi connectivity index (χ3v) is 4.09. The van der Waals surface area contributed by atoms with Crippen LogP contribution in [-0.4, -0.2) is 50.8 Å². The summed E-state index contributed by atoms with van der Waals surface area (Å²) in [6.07, 6.45) is 2.82. The smallest absolute Gasteiger partial charge is 0.164 e. The molecule has 0 bridgehead atoms. The van der Waals surface area contributed by atoms with Crippen molar-refractivity contribution in [3.8, 4) is 11.5 Å². The molecule has 1 aromatic carbocycles. The Bertz CT molecular complexity index is 476. The highest BCUT2D eigenvalue weighted by atomic mass is 19.1. The predicted octanol–water partition coefficient (Wildman–Crippen LogP) is 2.85. The van der Waals surface area contributed by atoms with Gasteiger partial charge in [-0.05, 0) is 51.3 Å². The Hall–Kier alpha value is -1.33. The summed E-state index contributed by atoms with van der Waals surface area (Å²) in [5.41, 5.74) is 0.720. The number of nitrogens with one attached hydrogen (secondary N) is 1. The number of halogens is 1. The van der Waals surface area contributed by atoms with Gasteiger partial charge in [-0.1, -0.05) is 0 Å². The molecule has 0 atom stereocenters. The molecule has 1 saturated heterocycles. The highest BCUT2D eigenvalue weighted by Gasteiger charge is 2.13. The summed E-state index contributed by atoms with van der Waals surface area (Å²) in [4.78, 5) is 2.47. The SMILES string of the molecule is CCOc1cc(F)c(CCCCN2CCNCC2)cc1OCC. The molecule has 130 valence electrons. The fraction of sp³-hybridized carbons (Fsp3) is 0.667. The van der Waals surface area contributed by atoms with Crippen LogP contribution in [0.15, 0.2) is 12.1 Å². The van der Waals surface area contributed by atoms with E-state index in [0.29, 0.717) is 24.7 Å². The first kappa shape index (κ1) is 18.0. The summed E-state index contributed by atoms with van der Waals surface area (Å²) in [6, 6.07) is 3.26. The third-order valence-electron chi connectivity index (χ3n) is 4.09. The Balaban J connectivity index is 1.86. The Morgan fingerprint density at radius 1 is 1.04 bits per heavy atom. The van der Waals surface area contributed by atoms with Gasteiger partial charge >= 0.3 is 0 Å². The fourth-order valence-electron chi connectivity index (χ4n) is 2.89. The Morgan fingerprint density at radius 2 is 1.70 bits per heavy atom. The first-order valence-corrected chi connectivity index (χ1v) is 8.75. The van der Waals surface area contributed by atoms with Gasteiger partial charge in [0.2, 0.25) is 0 Å². The minimum absolute atomic E-state index is 0.195. The maximum Gasteiger partial charge on any atom is 0.164 e. The Morgan fingerprint density at radius 3 is 2.35 bits per heavy atom. The summed E-state index contributed by atoms with van der Waals surface area (Å²) < 4.78 is 25.3. The zero-order valence-corrected chi connectivity index (χ0v) is 14.4. The second-order valence-corrected chi connectivity index (χ2v) is 5.81. The largest absolute Gasteiger partial charge is 0.490 e. The third kappa shape index (κ3) is 5.66. The number of nitrogens with zero attached hydrogens (tertiary/aromatic N) is 1. The molecule has 0 saturated carbocycles. The van der Waals surface area contributed by atoms with Gasteiger partial charge in [-0.25, -0.2) is 4.39 Å². The van der Waals surface area contributed by atoms with E-state index in [1.807, 2.05) is 13.8 Å². The summed E-state index contributed by atoms with van der Waals surface area (Å²) >= 11 is 0. The van der Waals surface area contributed by atoms with Crippen LogP contribution in [0.4, 0.5) is 4.39 Å². The molecular formula is C18H29FN2O2. The van der Waals surface area contributed by atoms with E-state index < -0.39 is 0 Å². The summed E-state index contributed by atoms with van der Waals surface area (Å²) in [5.74, 6) is 0.948. The molecule has 5 heteroatoms. The van der Waals surface area contributed by atoms with Gasteiger partial charge in [-0.2, -0.15) is 0 Å². The molecule has 0 unspecified atom stereocenters. The van der Waals surface area contributed by atoms with Crippen LogP contribution in [0.25, 0.3) is 0 Å². The van der Waals surface area contributed by atoms with Crippen molar-refractivity contribution in [1.82, 2.24) is 10.2 Å². The number of benzene rings is 1. The van der Waals surface area contributed by atoms with E-state index in [9.17, 15) is 4.39 Å².